The van der Waals surface area contributed by atoms with Gasteiger partial charge in [-0.2, -0.15) is 0 Å². The molecular formula is C21H23NO6. The summed E-state index contributed by atoms with van der Waals surface area (Å²) < 4.78 is 16.6. The minimum Gasteiger partial charge on any atom is -0.504 e. The molecule has 1 atom stereocenters. The second-order valence-corrected chi connectivity index (χ2v) is 6.57. The molecule has 1 aliphatic rings. The van der Waals surface area contributed by atoms with Crippen molar-refractivity contribution in [3.63, 3.8) is 0 Å². The normalized spacial score (nSPS) is 14.9. The van der Waals surface area contributed by atoms with Gasteiger partial charge in [-0.3, -0.25) is 9.59 Å². The molecule has 2 aromatic carbocycles. The summed E-state index contributed by atoms with van der Waals surface area (Å²) in [6, 6.07) is 5.88. The van der Waals surface area contributed by atoms with Crippen molar-refractivity contribution in [2.45, 2.75) is 25.8 Å². The number of carbonyl (C=O) groups excluding carboxylic acids is 1. The SMILES string of the molecule is COc1cc2c(c(OC)c1OC)-c1ccc(O)c(=O)cc1C(NC(C)=O)[14CH2]C2. The molecule has 2 aromatic rings. The smallest absolute Gasteiger partial charge is 0.220 e. The second-order valence-electron chi connectivity index (χ2n) is 6.57. The van der Waals surface area contributed by atoms with Crippen molar-refractivity contribution in [3.8, 4) is 34.1 Å². The molecule has 0 bridgehead atoms. The Kier molecular flexibility index (Phi) is 5.44. The van der Waals surface area contributed by atoms with Crippen LogP contribution in [0.25, 0.3) is 11.1 Å². The van der Waals surface area contributed by atoms with E-state index >= 15 is 0 Å². The summed E-state index contributed by atoms with van der Waals surface area (Å²) >= 11 is 0. The first-order valence-corrected chi connectivity index (χ1v) is 8.87. The number of fused-ring (bicyclic) bond motifs is 3. The molecule has 0 radical (unpaired) electrons. The van der Waals surface area contributed by atoms with Crippen LogP contribution >= 0.6 is 0 Å². The zero-order valence-corrected chi connectivity index (χ0v) is 16.3. The Bertz CT molecular complexity index is 985. The van der Waals surface area contributed by atoms with Gasteiger partial charge < -0.3 is 24.6 Å². The number of aryl methyl sites for hydroxylation is 1. The van der Waals surface area contributed by atoms with Gasteiger partial charge in [-0.1, -0.05) is 6.07 Å². The minimum atomic E-state index is -0.514. The fourth-order valence-corrected chi connectivity index (χ4v) is 3.70. The van der Waals surface area contributed by atoms with Crippen molar-refractivity contribution in [2.24, 2.45) is 0 Å². The molecule has 0 saturated carbocycles. The maximum Gasteiger partial charge on any atom is 0.220 e. The van der Waals surface area contributed by atoms with Crippen LogP contribution in [0.15, 0.2) is 29.1 Å². The lowest BCUT2D eigenvalue weighted by atomic mass is 9.95. The van der Waals surface area contributed by atoms with Crippen LogP contribution in [0.2, 0.25) is 0 Å². The van der Waals surface area contributed by atoms with E-state index in [1.165, 1.54) is 33.3 Å². The lowest BCUT2D eigenvalue weighted by Gasteiger charge is -2.19. The average Bonchev–Trinajstić information content (AvgIpc) is 2.90. The standard InChI is InChI=1S/C21H23NO6/c1-11(23)22-15-7-5-12-9-18(26-2)20(27-3)21(28-4)19(12)13-6-8-16(24)17(25)10-14(13)15/h6,8-10,15H,5,7H2,1-4H3,(H,22,23)(H,24,25)/i7+2. The molecule has 0 heterocycles. The van der Waals surface area contributed by atoms with Gasteiger partial charge in [0.2, 0.25) is 17.1 Å². The van der Waals surface area contributed by atoms with Crippen molar-refractivity contribution < 1.29 is 24.1 Å². The van der Waals surface area contributed by atoms with Gasteiger partial charge in [0.15, 0.2) is 17.2 Å². The molecule has 2 N–H and O–H groups in total. The predicted molar refractivity (Wildman–Crippen MR) is 104 cm³/mol. The van der Waals surface area contributed by atoms with E-state index in [-0.39, 0.29) is 17.7 Å². The Morgan fingerprint density at radius 2 is 1.86 bits per heavy atom. The van der Waals surface area contributed by atoms with Crippen LogP contribution in [0, 0.1) is 0 Å². The molecule has 148 valence electrons. The minimum absolute atomic E-state index is 0.202. The van der Waals surface area contributed by atoms with Gasteiger partial charge in [0.05, 0.1) is 27.4 Å². The van der Waals surface area contributed by atoms with Crippen LogP contribution < -0.4 is 25.0 Å². The van der Waals surface area contributed by atoms with Gasteiger partial charge >= 0.3 is 0 Å². The fourth-order valence-electron chi connectivity index (χ4n) is 3.70. The highest BCUT2D eigenvalue weighted by Crippen LogP contribution is 2.50. The highest BCUT2D eigenvalue weighted by molar-refractivity contribution is 5.83. The summed E-state index contributed by atoms with van der Waals surface area (Å²) in [4.78, 5) is 24.0. The van der Waals surface area contributed by atoms with E-state index in [0.717, 1.165) is 11.1 Å². The number of hydrogen-bond donors (Lipinski definition) is 2. The molecule has 0 aliphatic heterocycles. The van der Waals surface area contributed by atoms with Crippen LogP contribution in [-0.2, 0) is 11.2 Å². The Morgan fingerprint density at radius 1 is 1.14 bits per heavy atom. The third-order valence-electron chi connectivity index (χ3n) is 4.89. The molecule has 3 rings (SSSR count). The number of ether oxygens (including phenoxy) is 3. The molecule has 7 heteroatoms. The van der Waals surface area contributed by atoms with Crippen LogP contribution in [0.4, 0.5) is 0 Å². The molecule has 1 amide bonds. The number of benzene rings is 1. The van der Waals surface area contributed by atoms with Crippen molar-refractivity contribution in [1.82, 2.24) is 5.32 Å². The zero-order chi connectivity index (χ0) is 20.4. The summed E-state index contributed by atoms with van der Waals surface area (Å²) in [7, 11) is 4.61. The molecule has 1 aliphatic carbocycles. The number of hydrogen-bond acceptors (Lipinski definition) is 6. The highest BCUT2D eigenvalue weighted by atomic mass is 16.5. The quantitative estimate of drug-likeness (QED) is 0.837. The molecule has 1 unspecified atom stereocenters. The number of carbonyl (C=O) groups is 1. The van der Waals surface area contributed by atoms with Crippen LogP contribution in [0.3, 0.4) is 0 Å². The topological polar surface area (TPSA) is 94.1 Å². The van der Waals surface area contributed by atoms with E-state index in [1.807, 2.05) is 6.07 Å². The Morgan fingerprint density at radius 3 is 2.46 bits per heavy atom. The number of methoxy groups -OCH3 is 3. The summed E-state index contributed by atoms with van der Waals surface area (Å²) in [5.41, 5.74) is 2.46. The first-order valence-electron chi connectivity index (χ1n) is 8.87. The lowest BCUT2D eigenvalue weighted by molar-refractivity contribution is -0.119. The zero-order valence-electron chi connectivity index (χ0n) is 16.3. The van der Waals surface area contributed by atoms with Crippen molar-refractivity contribution in [2.75, 3.05) is 21.3 Å². The van der Waals surface area contributed by atoms with Gasteiger partial charge in [0.1, 0.15) is 0 Å². The fraction of sp³-hybridized carbons (Fsp3) is 0.333. The first kappa shape index (κ1) is 19.5. The van der Waals surface area contributed by atoms with Gasteiger partial charge in [-0.25, -0.2) is 0 Å². The van der Waals surface area contributed by atoms with Crippen LogP contribution in [0.5, 0.6) is 23.0 Å². The summed E-state index contributed by atoms with van der Waals surface area (Å²) in [6.07, 6.45) is 1.19. The van der Waals surface area contributed by atoms with Gasteiger partial charge in [-0.05, 0) is 47.7 Å². The summed E-state index contributed by atoms with van der Waals surface area (Å²) in [6.45, 7) is 1.43. The maximum atomic E-state index is 12.3. The Balaban J connectivity index is 2.41. The third kappa shape index (κ3) is 3.35. The highest BCUT2D eigenvalue weighted by Gasteiger charge is 2.29. The van der Waals surface area contributed by atoms with Gasteiger partial charge in [0, 0.05) is 12.5 Å². The van der Waals surface area contributed by atoms with E-state index in [9.17, 15) is 14.7 Å². The summed E-state index contributed by atoms with van der Waals surface area (Å²) in [5.74, 6) is 0.874. The molecule has 7 nitrogen and oxygen atoms in total. The molecule has 0 saturated heterocycles. The maximum absolute atomic E-state index is 12.3. The largest absolute Gasteiger partial charge is 0.504 e. The number of aromatic hydroxyl groups is 1. The second kappa shape index (κ2) is 7.80. The Labute approximate surface area is 162 Å². The van der Waals surface area contributed by atoms with E-state index in [4.69, 9.17) is 14.2 Å². The van der Waals surface area contributed by atoms with E-state index in [1.54, 1.807) is 13.2 Å². The van der Waals surface area contributed by atoms with E-state index < -0.39 is 5.43 Å². The molecule has 0 fully saturated rings. The van der Waals surface area contributed by atoms with Crippen LogP contribution in [-0.4, -0.2) is 32.3 Å². The third-order valence-corrected chi connectivity index (χ3v) is 4.89. The van der Waals surface area contributed by atoms with Crippen LogP contribution in [0.1, 0.15) is 30.5 Å². The first-order chi connectivity index (χ1) is 13.4. The number of rotatable bonds is 4. The lowest BCUT2D eigenvalue weighted by Crippen LogP contribution is -2.26. The van der Waals surface area contributed by atoms with E-state index in [0.29, 0.717) is 41.2 Å². The van der Waals surface area contributed by atoms with Gasteiger partial charge in [0.25, 0.3) is 0 Å². The summed E-state index contributed by atoms with van der Waals surface area (Å²) in [5, 5.41) is 12.9. The van der Waals surface area contributed by atoms with E-state index in [2.05, 4.69) is 5.32 Å². The molecule has 0 aromatic heterocycles. The average molecular weight is 387 g/mol. The molecular weight excluding hydrogens is 364 g/mol. The molecule has 0 spiro atoms. The Hall–Kier alpha value is -3.22. The van der Waals surface area contributed by atoms with Crippen molar-refractivity contribution >= 4 is 5.91 Å². The van der Waals surface area contributed by atoms with Crippen molar-refractivity contribution in [3.05, 3.63) is 45.6 Å². The predicted octanol–water partition coefficient (Wildman–Crippen LogP) is 2.57. The van der Waals surface area contributed by atoms with Crippen molar-refractivity contribution in [1.29, 1.82) is 0 Å². The number of amides is 1. The monoisotopic (exact) mass is 387 g/mol. The van der Waals surface area contributed by atoms with Gasteiger partial charge in [-0.15, -0.1) is 0 Å². The molecule has 28 heavy (non-hydrogen) atoms. The number of nitrogens with one attached hydrogen (secondary N) is 1.